The molecule has 0 saturated heterocycles. The minimum Gasteiger partial charge on any atom is -0.317 e. The normalized spacial score (nSPS) is 11.9. The molecular formula is C44H36IrN4S-2. The SMILES string of the molecule is [2H]C([2H])(c1ccc(-c2[c-]cccc2)nc1)C(C)(C)C.[Ir].[c-]1ccccc1-c1nc2sc(-c3ccccc3)nc2n1-c1ccc(-c2ccccc2)cc1. The van der Waals surface area contributed by atoms with Crippen LogP contribution in [0.15, 0.2) is 152 Å². The van der Waals surface area contributed by atoms with Gasteiger partial charge in [0.25, 0.3) is 0 Å². The van der Waals surface area contributed by atoms with Crippen molar-refractivity contribution >= 4 is 21.8 Å². The molecule has 0 aliphatic heterocycles. The number of rotatable bonds is 6. The standard InChI is InChI=1S/C28H18N3S.C16H18N.Ir/c1-4-10-20(11-5-1)21-16-18-24(19-17-21)31-25(22-12-6-2-7-13-22)29-28-26(31)30-27(32-28)23-14-8-3-9-15-23;1-16(2,3)11-13-9-10-15(17-12-13)14-7-5-4-6-8-14;/h1-12,14-19H;4-7,9-10,12H,11H2,1-3H3;/q2*-1;/i;11D2;. The van der Waals surface area contributed by atoms with E-state index in [2.05, 4.69) is 82.3 Å². The van der Waals surface area contributed by atoms with E-state index in [1.54, 1.807) is 17.5 Å². The molecule has 8 aromatic rings. The Balaban J connectivity index is 0.000000200. The molecule has 0 saturated carbocycles. The first-order valence-electron chi connectivity index (χ1n) is 17.2. The molecule has 0 fully saturated rings. The van der Waals surface area contributed by atoms with Crippen molar-refractivity contribution in [2.24, 2.45) is 5.41 Å². The predicted molar refractivity (Wildman–Crippen MR) is 204 cm³/mol. The fourth-order valence-corrected chi connectivity index (χ4v) is 6.41. The summed E-state index contributed by atoms with van der Waals surface area (Å²) in [5.41, 5.74) is 8.22. The summed E-state index contributed by atoms with van der Waals surface area (Å²) in [5, 5.41) is 0.973. The molecule has 0 spiro atoms. The summed E-state index contributed by atoms with van der Waals surface area (Å²) < 4.78 is 18.6. The van der Waals surface area contributed by atoms with Crippen molar-refractivity contribution < 1.29 is 22.8 Å². The maximum Gasteiger partial charge on any atom is 0.167 e. The second-order valence-electron chi connectivity index (χ2n) is 12.6. The molecule has 5 aromatic carbocycles. The van der Waals surface area contributed by atoms with Gasteiger partial charge in [-0.15, -0.1) is 71.8 Å². The van der Waals surface area contributed by atoms with Crippen molar-refractivity contribution in [2.75, 3.05) is 0 Å². The number of pyridine rings is 1. The summed E-state index contributed by atoms with van der Waals surface area (Å²) >= 11 is 1.62. The molecule has 6 heteroatoms. The van der Waals surface area contributed by atoms with Gasteiger partial charge in [0.15, 0.2) is 10.5 Å². The van der Waals surface area contributed by atoms with Crippen LogP contribution in [-0.4, -0.2) is 19.5 Å². The number of nitrogens with zero attached hydrogens (tertiary/aromatic N) is 4. The van der Waals surface area contributed by atoms with Crippen molar-refractivity contribution in [1.82, 2.24) is 19.5 Å². The fourth-order valence-electron chi connectivity index (χ4n) is 5.48. The number of benzene rings is 5. The van der Waals surface area contributed by atoms with Gasteiger partial charge in [0.1, 0.15) is 5.01 Å². The summed E-state index contributed by atoms with van der Waals surface area (Å²) in [5.74, 6) is 0.853. The first kappa shape index (κ1) is 32.2. The van der Waals surface area contributed by atoms with Crippen LogP contribution in [0.2, 0.25) is 0 Å². The maximum absolute atomic E-state index is 8.21. The van der Waals surface area contributed by atoms with E-state index in [1.807, 2.05) is 106 Å². The molecule has 50 heavy (non-hydrogen) atoms. The molecule has 0 unspecified atom stereocenters. The Bertz CT molecular complexity index is 2340. The second-order valence-corrected chi connectivity index (χ2v) is 13.5. The first-order valence-corrected chi connectivity index (χ1v) is 17.0. The Morgan fingerprint density at radius 2 is 1.26 bits per heavy atom. The van der Waals surface area contributed by atoms with Crippen LogP contribution in [0.1, 0.15) is 29.1 Å². The number of hydrogen-bond donors (Lipinski definition) is 0. The van der Waals surface area contributed by atoms with Gasteiger partial charge >= 0.3 is 0 Å². The van der Waals surface area contributed by atoms with Crippen molar-refractivity contribution in [2.45, 2.75) is 27.1 Å². The molecule has 0 bridgehead atoms. The minimum absolute atomic E-state index is 0. The number of imidazole rings is 1. The van der Waals surface area contributed by atoms with Gasteiger partial charge in [-0.05, 0) is 46.3 Å². The van der Waals surface area contributed by atoms with Gasteiger partial charge in [-0.25, -0.2) is 4.98 Å². The Hall–Kier alpha value is -5.00. The van der Waals surface area contributed by atoms with Gasteiger partial charge in [0.05, 0.1) is 5.82 Å². The average Bonchev–Trinajstić information content (AvgIpc) is 3.75. The molecule has 0 aliphatic rings. The minimum atomic E-state index is -1.40. The van der Waals surface area contributed by atoms with E-state index in [4.69, 9.17) is 12.7 Å². The van der Waals surface area contributed by atoms with Crippen molar-refractivity contribution in [3.8, 4) is 50.0 Å². The Labute approximate surface area is 314 Å². The van der Waals surface area contributed by atoms with Gasteiger partial charge in [-0.2, -0.15) is 0 Å². The van der Waals surface area contributed by atoms with E-state index in [0.717, 1.165) is 49.4 Å². The second kappa shape index (κ2) is 15.7. The molecule has 4 nitrogen and oxygen atoms in total. The van der Waals surface area contributed by atoms with Crippen LogP contribution in [0, 0.1) is 17.5 Å². The number of fused-ring (bicyclic) bond motifs is 1. The topological polar surface area (TPSA) is 43.6 Å². The Morgan fingerprint density at radius 1 is 0.660 bits per heavy atom. The van der Waals surface area contributed by atoms with E-state index in [0.29, 0.717) is 5.56 Å². The van der Waals surface area contributed by atoms with Crippen molar-refractivity contribution in [1.29, 1.82) is 0 Å². The number of thiazole rings is 1. The zero-order valence-corrected chi connectivity index (χ0v) is 31.2. The quantitative estimate of drug-likeness (QED) is 0.157. The molecule has 0 amide bonds. The van der Waals surface area contributed by atoms with E-state index in [-0.39, 0.29) is 20.1 Å². The summed E-state index contributed by atoms with van der Waals surface area (Å²) in [6, 6.07) is 55.0. The molecule has 3 heterocycles. The molecule has 249 valence electrons. The summed E-state index contributed by atoms with van der Waals surface area (Å²) in [4.78, 5) is 15.2. The molecule has 3 aromatic heterocycles. The van der Waals surface area contributed by atoms with Crippen LogP contribution in [0.25, 0.3) is 60.5 Å². The fraction of sp³-hybridized carbons (Fsp3) is 0.114. The van der Waals surface area contributed by atoms with Gasteiger partial charge in [-0.1, -0.05) is 117 Å². The van der Waals surface area contributed by atoms with Gasteiger partial charge < -0.3 is 9.55 Å². The zero-order chi connectivity index (χ0) is 35.4. The Kier molecular flexibility index (Phi) is 10.1. The molecule has 0 N–H and O–H groups in total. The summed E-state index contributed by atoms with van der Waals surface area (Å²) in [6.45, 7) is 5.68. The van der Waals surface area contributed by atoms with E-state index < -0.39 is 11.8 Å². The molecule has 1 radical (unpaired) electrons. The van der Waals surface area contributed by atoms with Crippen molar-refractivity contribution in [3.05, 3.63) is 169 Å². The first-order chi connectivity index (χ1) is 24.7. The van der Waals surface area contributed by atoms with Crippen LogP contribution < -0.4 is 0 Å². The average molecular weight is 847 g/mol. The number of aromatic nitrogens is 4. The monoisotopic (exact) mass is 847 g/mol. The molecule has 0 aliphatic carbocycles. The smallest absolute Gasteiger partial charge is 0.167 e. The van der Waals surface area contributed by atoms with Gasteiger partial charge in [0.2, 0.25) is 0 Å². The third-order valence-electron chi connectivity index (χ3n) is 7.69. The van der Waals surface area contributed by atoms with E-state index in [1.165, 1.54) is 11.1 Å². The molecule has 0 atom stereocenters. The van der Waals surface area contributed by atoms with Gasteiger partial charge in [-0.3, -0.25) is 4.98 Å². The Morgan fingerprint density at radius 3 is 1.84 bits per heavy atom. The summed E-state index contributed by atoms with van der Waals surface area (Å²) in [7, 11) is 0. The third kappa shape index (κ3) is 8.23. The van der Waals surface area contributed by atoms with Gasteiger partial charge in [0, 0.05) is 40.3 Å². The molecular weight excluding hydrogens is 809 g/mol. The zero-order valence-electron chi connectivity index (χ0n) is 30.0. The third-order valence-corrected chi connectivity index (χ3v) is 8.68. The largest absolute Gasteiger partial charge is 0.317 e. The van der Waals surface area contributed by atoms with Crippen LogP contribution in [-0.2, 0) is 26.5 Å². The maximum atomic E-state index is 8.21. The van der Waals surface area contributed by atoms with Crippen LogP contribution in [0.4, 0.5) is 0 Å². The predicted octanol–water partition coefficient (Wildman–Crippen LogP) is 11.4. The van der Waals surface area contributed by atoms with Crippen molar-refractivity contribution in [3.63, 3.8) is 0 Å². The van der Waals surface area contributed by atoms with Crippen LogP contribution in [0.3, 0.4) is 0 Å². The van der Waals surface area contributed by atoms with E-state index >= 15 is 0 Å². The van der Waals surface area contributed by atoms with E-state index in [9.17, 15) is 0 Å². The van der Waals surface area contributed by atoms with Crippen LogP contribution >= 0.6 is 11.3 Å². The number of hydrogen-bond acceptors (Lipinski definition) is 4. The molecule has 8 rings (SSSR count). The summed E-state index contributed by atoms with van der Waals surface area (Å²) in [6.07, 6.45) is 0.223. The van der Waals surface area contributed by atoms with Crippen LogP contribution in [0.5, 0.6) is 0 Å².